The van der Waals surface area contributed by atoms with Crippen molar-refractivity contribution < 1.29 is 18.4 Å². The fourth-order valence-electron chi connectivity index (χ4n) is 1.60. The van der Waals surface area contributed by atoms with Crippen LogP contribution in [-0.4, -0.2) is 22.9 Å². The highest BCUT2D eigenvalue weighted by molar-refractivity contribution is 7.15. The summed E-state index contributed by atoms with van der Waals surface area (Å²) in [5.74, 6) is 0.113. The van der Waals surface area contributed by atoms with E-state index in [9.17, 15) is 18.9 Å². The van der Waals surface area contributed by atoms with Crippen molar-refractivity contribution >= 4 is 34.3 Å². The highest BCUT2D eigenvalue weighted by atomic mass is 35.5. The SMILES string of the molecule is O=[N+]([O-])c1ccc(OCC(F)F)c(NCc2cnc(Cl)s2)c1. The minimum absolute atomic E-state index is 0.113. The highest BCUT2D eigenvalue weighted by Gasteiger charge is 2.14. The summed E-state index contributed by atoms with van der Waals surface area (Å²) in [4.78, 5) is 14.9. The third-order valence-electron chi connectivity index (χ3n) is 2.52. The van der Waals surface area contributed by atoms with E-state index in [1.807, 2.05) is 0 Å². The molecule has 0 amide bonds. The van der Waals surface area contributed by atoms with Crippen molar-refractivity contribution in [3.05, 3.63) is 43.9 Å². The Bertz CT molecular complexity index is 669. The standard InChI is InChI=1S/C12H10ClF2N3O3S/c13-12-17-5-8(22-12)4-16-9-3-7(18(19)20)1-2-10(9)21-6-11(14)15/h1-3,5,11,16H,4,6H2. The summed E-state index contributed by atoms with van der Waals surface area (Å²) in [5.41, 5.74) is 0.0774. The van der Waals surface area contributed by atoms with Crippen LogP contribution in [0.5, 0.6) is 5.75 Å². The number of aromatic nitrogens is 1. The van der Waals surface area contributed by atoms with Gasteiger partial charge in [-0.25, -0.2) is 13.8 Å². The van der Waals surface area contributed by atoms with Crippen LogP contribution in [0.15, 0.2) is 24.4 Å². The molecule has 2 aromatic rings. The molecule has 118 valence electrons. The Balaban J connectivity index is 2.16. The zero-order chi connectivity index (χ0) is 16.1. The van der Waals surface area contributed by atoms with Gasteiger partial charge in [-0.2, -0.15) is 0 Å². The number of rotatable bonds is 7. The summed E-state index contributed by atoms with van der Waals surface area (Å²) in [7, 11) is 0. The van der Waals surface area contributed by atoms with Gasteiger partial charge in [0.1, 0.15) is 12.4 Å². The number of halogens is 3. The summed E-state index contributed by atoms with van der Waals surface area (Å²) in [6.45, 7) is -0.504. The van der Waals surface area contributed by atoms with E-state index in [2.05, 4.69) is 10.3 Å². The van der Waals surface area contributed by atoms with Crippen molar-refractivity contribution in [2.45, 2.75) is 13.0 Å². The van der Waals surface area contributed by atoms with Gasteiger partial charge in [0.25, 0.3) is 12.1 Å². The number of nitro benzene ring substituents is 1. The van der Waals surface area contributed by atoms with Gasteiger partial charge in [-0.05, 0) is 6.07 Å². The van der Waals surface area contributed by atoms with Crippen LogP contribution in [0, 0.1) is 10.1 Å². The van der Waals surface area contributed by atoms with Gasteiger partial charge in [0.05, 0.1) is 17.2 Å². The molecule has 0 fully saturated rings. The molecule has 22 heavy (non-hydrogen) atoms. The molecule has 0 radical (unpaired) electrons. The zero-order valence-electron chi connectivity index (χ0n) is 11.0. The Morgan fingerprint density at radius 2 is 2.27 bits per heavy atom. The van der Waals surface area contributed by atoms with Gasteiger partial charge in [-0.3, -0.25) is 10.1 Å². The molecule has 0 atom stereocenters. The highest BCUT2D eigenvalue weighted by Crippen LogP contribution is 2.30. The second-order valence-electron chi connectivity index (χ2n) is 4.07. The lowest BCUT2D eigenvalue weighted by Crippen LogP contribution is -2.09. The van der Waals surface area contributed by atoms with Gasteiger partial charge < -0.3 is 10.1 Å². The van der Waals surface area contributed by atoms with Crippen molar-refractivity contribution in [1.29, 1.82) is 0 Å². The predicted molar refractivity (Wildman–Crippen MR) is 79.0 cm³/mol. The Labute approximate surface area is 132 Å². The smallest absolute Gasteiger partial charge is 0.272 e. The molecular weight excluding hydrogens is 340 g/mol. The van der Waals surface area contributed by atoms with E-state index in [0.717, 1.165) is 4.88 Å². The van der Waals surface area contributed by atoms with Crippen LogP contribution in [0.1, 0.15) is 4.88 Å². The Morgan fingerprint density at radius 1 is 1.50 bits per heavy atom. The summed E-state index contributed by atoms with van der Waals surface area (Å²) >= 11 is 6.95. The predicted octanol–water partition coefficient (Wildman–Crippen LogP) is 3.96. The summed E-state index contributed by atoms with van der Waals surface area (Å²) < 4.78 is 29.8. The van der Waals surface area contributed by atoms with E-state index in [4.69, 9.17) is 16.3 Å². The van der Waals surface area contributed by atoms with E-state index < -0.39 is 18.0 Å². The number of hydrogen-bond donors (Lipinski definition) is 1. The number of nitrogens with zero attached hydrogens (tertiary/aromatic N) is 2. The van der Waals surface area contributed by atoms with E-state index in [0.29, 0.717) is 4.47 Å². The molecule has 1 heterocycles. The van der Waals surface area contributed by atoms with Crippen molar-refractivity contribution in [1.82, 2.24) is 4.98 Å². The second kappa shape index (κ2) is 7.32. The Morgan fingerprint density at radius 3 is 2.86 bits per heavy atom. The zero-order valence-corrected chi connectivity index (χ0v) is 12.5. The van der Waals surface area contributed by atoms with Gasteiger partial charge in [0.2, 0.25) is 0 Å². The first kappa shape index (κ1) is 16.4. The number of nitrogens with one attached hydrogen (secondary N) is 1. The van der Waals surface area contributed by atoms with Crippen molar-refractivity contribution in [2.24, 2.45) is 0 Å². The van der Waals surface area contributed by atoms with Crippen LogP contribution < -0.4 is 10.1 Å². The molecule has 0 saturated carbocycles. The average Bonchev–Trinajstić information content (AvgIpc) is 2.88. The molecule has 2 rings (SSSR count). The normalized spacial score (nSPS) is 10.7. The number of nitro groups is 1. The molecular formula is C12H10ClF2N3O3S. The number of benzene rings is 1. The lowest BCUT2D eigenvalue weighted by Gasteiger charge is -2.12. The number of alkyl halides is 2. The molecule has 0 aliphatic carbocycles. The van der Waals surface area contributed by atoms with E-state index >= 15 is 0 Å². The quantitative estimate of drug-likeness (QED) is 0.604. The first-order valence-electron chi connectivity index (χ1n) is 5.99. The van der Waals surface area contributed by atoms with Crippen molar-refractivity contribution in [3.8, 4) is 5.75 Å². The topological polar surface area (TPSA) is 77.3 Å². The van der Waals surface area contributed by atoms with Gasteiger partial charge >= 0.3 is 0 Å². The van der Waals surface area contributed by atoms with Crippen LogP contribution in [0.2, 0.25) is 4.47 Å². The minimum Gasteiger partial charge on any atom is -0.485 e. The summed E-state index contributed by atoms with van der Waals surface area (Å²) in [6, 6.07) is 3.70. The van der Waals surface area contributed by atoms with Gasteiger partial charge in [-0.1, -0.05) is 11.6 Å². The van der Waals surface area contributed by atoms with Gasteiger partial charge in [0.15, 0.2) is 4.47 Å². The van der Waals surface area contributed by atoms with E-state index in [1.165, 1.54) is 29.5 Å². The molecule has 0 saturated heterocycles. The van der Waals surface area contributed by atoms with Crippen LogP contribution in [0.3, 0.4) is 0 Å². The number of thiazole rings is 1. The molecule has 10 heteroatoms. The summed E-state index contributed by atoms with van der Waals surface area (Å²) in [5, 5.41) is 13.7. The maximum Gasteiger partial charge on any atom is 0.272 e. The molecule has 0 spiro atoms. The molecule has 6 nitrogen and oxygen atoms in total. The maximum absolute atomic E-state index is 12.2. The number of anilines is 1. The third kappa shape index (κ3) is 4.50. The van der Waals surface area contributed by atoms with Crippen molar-refractivity contribution in [2.75, 3.05) is 11.9 Å². The van der Waals surface area contributed by atoms with Crippen LogP contribution in [-0.2, 0) is 6.54 Å². The molecule has 0 aliphatic rings. The van der Waals surface area contributed by atoms with Crippen LogP contribution >= 0.6 is 22.9 Å². The molecule has 0 aliphatic heterocycles. The molecule has 0 bridgehead atoms. The number of ether oxygens (including phenoxy) is 1. The van der Waals surface area contributed by atoms with Gasteiger partial charge in [0, 0.05) is 23.2 Å². The third-order valence-corrected chi connectivity index (χ3v) is 3.63. The van der Waals surface area contributed by atoms with Crippen LogP contribution in [0.25, 0.3) is 0 Å². The molecule has 1 aromatic carbocycles. The van der Waals surface area contributed by atoms with Gasteiger partial charge in [-0.15, -0.1) is 11.3 Å². The van der Waals surface area contributed by atoms with Crippen molar-refractivity contribution in [3.63, 3.8) is 0 Å². The Hall–Kier alpha value is -2.00. The Kier molecular flexibility index (Phi) is 5.45. The lowest BCUT2D eigenvalue weighted by atomic mass is 10.2. The van der Waals surface area contributed by atoms with E-state index in [1.54, 1.807) is 6.20 Å². The first-order valence-corrected chi connectivity index (χ1v) is 7.18. The van der Waals surface area contributed by atoms with E-state index in [-0.39, 0.29) is 23.7 Å². The minimum atomic E-state index is -2.64. The average molecular weight is 350 g/mol. The lowest BCUT2D eigenvalue weighted by molar-refractivity contribution is -0.384. The second-order valence-corrected chi connectivity index (χ2v) is 5.77. The maximum atomic E-state index is 12.2. The fraction of sp³-hybridized carbons (Fsp3) is 0.250. The number of non-ortho nitro benzene ring substituents is 1. The largest absolute Gasteiger partial charge is 0.485 e. The van der Waals surface area contributed by atoms with Crippen LogP contribution in [0.4, 0.5) is 20.2 Å². The number of hydrogen-bond acceptors (Lipinski definition) is 6. The molecule has 0 unspecified atom stereocenters. The monoisotopic (exact) mass is 349 g/mol. The molecule has 1 aromatic heterocycles. The summed E-state index contributed by atoms with van der Waals surface area (Å²) in [6.07, 6.45) is -1.08. The first-order chi connectivity index (χ1) is 10.5. The molecule has 1 N–H and O–H groups in total. The fourth-order valence-corrected chi connectivity index (χ4v) is 2.51.